The fourth-order valence-electron chi connectivity index (χ4n) is 1.78. The molecule has 2 N–H and O–H groups in total. The summed E-state index contributed by atoms with van der Waals surface area (Å²) in [4.78, 5) is 15.6. The van der Waals surface area contributed by atoms with Crippen molar-refractivity contribution in [3.05, 3.63) is 11.5 Å². The number of methoxy groups -OCH3 is 2. The van der Waals surface area contributed by atoms with Gasteiger partial charge in [0.05, 0.1) is 7.11 Å². The highest BCUT2D eigenvalue weighted by Gasteiger charge is 2.21. The molecule has 0 amide bonds. The SMILES string of the molecule is COCCC(C)n1c(C)nc(C(=O)OC)c1N. The number of rotatable bonds is 5. The van der Waals surface area contributed by atoms with Gasteiger partial charge < -0.3 is 19.8 Å². The molecule has 1 heterocycles. The molecule has 0 aliphatic heterocycles. The van der Waals surface area contributed by atoms with Crippen molar-refractivity contribution in [2.45, 2.75) is 26.3 Å². The molecule has 96 valence electrons. The smallest absolute Gasteiger partial charge is 0.360 e. The molecule has 0 spiro atoms. The van der Waals surface area contributed by atoms with Gasteiger partial charge in [0, 0.05) is 19.8 Å². The molecular formula is C11H19N3O3. The van der Waals surface area contributed by atoms with Crippen LogP contribution in [0.3, 0.4) is 0 Å². The maximum absolute atomic E-state index is 11.4. The summed E-state index contributed by atoms with van der Waals surface area (Å²) in [7, 11) is 2.96. The van der Waals surface area contributed by atoms with E-state index in [4.69, 9.17) is 10.5 Å². The third-order valence-corrected chi connectivity index (χ3v) is 2.68. The minimum atomic E-state index is -0.511. The summed E-state index contributed by atoms with van der Waals surface area (Å²) in [5.74, 6) is 0.535. The molecule has 6 heteroatoms. The minimum Gasteiger partial charge on any atom is -0.464 e. The summed E-state index contributed by atoms with van der Waals surface area (Å²) in [5, 5.41) is 0. The number of ether oxygens (including phenoxy) is 2. The highest BCUT2D eigenvalue weighted by atomic mass is 16.5. The first-order valence-electron chi connectivity index (χ1n) is 5.44. The molecule has 17 heavy (non-hydrogen) atoms. The summed E-state index contributed by atoms with van der Waals surface area (Å²) < 4.78 is 11.5. The monoisotopic (exact) mass is 241 g/mol. The molecule has 6 nitrogen and oxygen atoms in total. The van der Waals surface area contributed by atoms with Gasteiger partial charge in [-0.05, 0) is 20.3 Å². The van der Waals surface area contributed by atoms with Gasteiger partial charge in [0.1, 0.15) is 11.6 Å². The topological polar surface area (TPSA) is 79.4 Å². The maximum atomic E-state index is 11.4. The third-order valence-electron chi connectivity index (χ3n) is 2.68. The van der Waals surface area contributed by atoms with Crippen molar-refractivity contribution in [1.29, 1.82) is 0 Å². The Hall–Kier alpha value is -1.56. The number of imidazole rings is 1. The Bertz CT molecular complexity index is 401. The van der Waals surface area contributed by atoms with Gasteiger partial charge in [-0.3, -0.25) is 0 Å². The molecule has 0 aliphatic rings. The van der Waals surface area contributed by atoms with Gasteiger partial charge in [-0.25, -0.2) is 9.78 Å². The zero-order valence-electron chi connectivity index (χ0n) is 10.7. The van der Waals surface area contributed by atoms with E-state index in [1.54, 1.807) is 7.11 Å². The first kappa shape index (κ1) is 13.5. The number of esters is 1. The second kappa shape index (κ2) is 5.67. The van der Waals surface area contributed by atoms with Crippen molar-refractivity contribution < 1.29 is 14.3 Å². The van der Waals surface area contributed by atoms with E-state index >= 15 is 0 Å². The van der Waals surface area contributed by atoms with Crippen LogP contribution < -0.4 is 5.73 Å². The number of nitrogen functional groups attached to an aromatic ring is 1. The lowest BCUT2D eigenvalue weighted by Crippen LogP contribution is -2.13. The van der Waals surface area contributed by atoms with Gasteiger partial charge in [0.2, 0.25) is 0 Å². The molecule has 1 unspecified atom stereocenters. The maximum Gasteiger partial charge on any atom is 0.360 e. The van der Waals surface area contributed by atoms with Gasteiger partial charge in [0.15, 0.2) is 5.69 Å². The van der Waals surface area contributed by atoms with Crippen LogP contribution in [0.5, 0.6) is 0 Å². The lowest BCUT2D eigenvalue weighted by molar-refractivity contribution is 0.0595. The number of carbonyl (C=O) groups is 1. The molecule has 1 aromatic heterocycles. The van der Waals surface area contributed by atoms with Crippen LogP contribution >= 0.6 is 0 Å². The normalized spacial score (nSPS) is 12.5. The first-order valence-corrected chi connectivity index (χ1v) is 5.44. The van der Waals surface area contributed by atoms with Crippen molar-refractivity contribution >= 4 is 11.8 Å². The standard InChI is InChI=1S/C11H19N3O3/c1-7(5-6-16-3)14-8(2)13-9(10(14)12)11(15)17-4/h7H,5-6,12H2,1-4H3. The van der Waals surface area contributed by atoms with Crippen molar-refractivity contribution in [2.75, 3.05) is 26.6 Å². The molecular weight excluding hydrogens is 222 g/mol. The zero-order chi connectivity index (χ0) is 13.0. The number of hydrogen-bond donors (Lipinski definition) is 1. The number of aromatic nitrogens is 2. The van der Waals surface area contributed by atoms with Gasteiger partial charge in [-0.1, -0.05) is 0 Å². The Labute approximate surface area is 101 Å². The summed E-state index contributed by atoms with van der Waals surface area (Å²) in [5.41, 5.74) is 6.09. The number of hydrogen-bond acceptors (Lipinski definition) is 5. The van der Waals surface area contributed by atoms with Crippen LogP contribution in [0, 0.1) is 6.92 Å². The fraction of sp³-hybridized carbons (Fsp3) is 0.636. The van der Waals surface area contributed by atoms with Crippen molar-refractivity contribution in [2.24, 2.45) is 0 Å². The Balaban J connectivity index is 3.00. The quantitative estimate of drug-likeness (QED) is 0.782. The van der Waals surface area contributed by atoms with E-state index in [1.165, 1.54) is 7.11 Å². The Kier molecular flexibility index (Phi) is 4.51. The Morgan fingerprint density at radius 1 is 1.53 bits per heavy atom. The molecule has 1 rings (SSSR count). The molecule has 0 saturated carbocycles. The van der Waals surface area contributed by atoms with E-state index in [9.17, 15) is 4.79 Å². The van der Waals surface area contributed by atoms with Crippen LogP contribution in [0.2, 0.25) is 0 Å². The molecule has 0 aliphatic carbocycles. The van der Waals surface area contributed by atoms with Crippen molar-refractivity contribution in [3.63, 3.8) is 0 Å². The summed E-state index contributed by atoms with van der Waals surface area (Å²) in [6.45, 7) is 4.45. The molecule has 0 bridgehead atoms. The number of nitrogens with two attached hydrogens (primary N) is 1. The second-order valence-electron chi connectivity index (χ2n) is 3.88. The molecule has 0 fully saturated rings. The second-order valence-corrected chi connectivity index (χ2v) is 3.88. The number of carbonyl (C=O) groups excluding carboxylic acids is 1. The van der Waals surface area contributed by atoms with Crippen LogP contribution in [0.4, 0.5) is 5.82 Å². The summed E-state index contributed by atoms with van der Waals surface area (Å²) in [6.07, 6.45) is 0.804. The van der Waals surface area contributed by atoms with E-state index in [-0.39, 0.29) is 11.7 Å². The number of aryl methyl sites for hydroxylation is 1. The van der Waals surface area contributed by atoms with E-state index in [2.05, 4.69) is 9.72 Å². The van der Waals surface area contributed by atoms with Crippen molar-refractivity contribution in [1.82, 2.24) is 9.55 Å². The van der Waals surface area contributed by atoms with Gasteiger partial charge >= 0.3 is 5.97 Å². The van der Waals surface area contributed by atoms with Crippen LogP contribution in [0.1, 0.15) is 35.7 Å². The van der Waals surface area contributed by atoms with Gasteiger partial charge in [0.25, 0.3) is 0 Å². The third kappa shape index (κ3) is 2.76. The molecule has 0 radical (unpaired) electrons. The predicted octanol–water partition coefficient (Wildman–Crippen LogP) is 1.16. The highest BCUT2D eigenvalue weighted by Crippen LogP contribution is 2.22. The molecule has 0 saturated heterocycles. The first-order chi connectivity index (χ1) is 8.02. The Morgan fingerprint density at radius 3 is 2.71 bits per heavy atom. The van der Waals surface area contributed by atoms with Crippen LogP contribution in [0.15, 0.2) is 0 Å². The zero-order valence-corrected chi connectivity index (χ0v) is 10.7. The number of anilines is 1. The van der Waals surface area contributed by atoms with Crippen LogP contribution in [-0.4, -0.2) is 36.3 Å². The number of nitrogens with zero attached hydrogens (tertiary/aromatic N) is 2. The largest absolute Gasteiger partial charge is 0.464 e. The highest BCUT2D eigenvalue weighted by molar-refractivity contribution is 5.92. The lowest BCUT2D eigenvalue weighted by Gasteiger charge is -2.16. The average Bonchev–Trinajstić information content (AvgIpc) is 2.61. The van der Waals surface area contributed by atoms with Crippen molar-refractivity contribution in [3.8, 4) is 0 Å². The lowest BCUT2D eigenvalue weighted by atomic mass is 10.2. The Morgan fingerprint density at radius 2 is 2.18 bits per heavy atom. The predicted molar refractivity (Wildman–Crippen MR) is 63.9 cm³/mol. The van der Waals surface area contributed by atoms with E-state index in [1.807, 2.05) is 18.4 Å². The summed E-state index contributed by atoms with van der Waals surface area (Å²) >= 11 is 0. The van der Waals surface area contributed by atoms with Gasteiger partial charge in [-0.15, -0.1) is 0 Å². The average molecular weight is 241 g/mol. The molecule has 0 aromatic carbocycles. The van der Waals surface area contributed by atoms with Crippen LogP contribution in [0.25, 0.3) is 0 Å². The molecule has 1 atom stereocenters. The van der Waals surface area contributed by atoms with E-state index in [0.717, 1.165) is 6.42 Å². The van der Waals surface area contributed by atoms with E-state index < -0.39 is 5.97 Å². The fourth-order valence-corrected chi connectivity index (χ4v) is 1.78. The summed E-state index contributed by atoms with van der Waals surface area (Å²) in [6, 6.07) is 0.126. The van der Waals surface area contributed by atoms with Gasteiger partial charge in [-0.2, -0.15) is 0 Å². The van der Waals surface area contributed by atoms with Crippen LogP contribution in [-0.2, 0) is 9.47 Å². The van der Waals surface area contributed by atoms with E-state index in [0.29, 0.717) is 18.2 Å². The molecule has 1 aromatic rings. The minimum absolute atomic E-state index is 0.126.